The van der Waals surface area contributed by atoms with Crippen molar-refractivity contribution in [3.05, 3.63) is 46.2 Å². The highest BCUT2D eigenvalue weighted by Crippen LogP contribution is 2.22. The molecule has 2 aliphatic rings. The van der Waals surface area contributed by atoms with Crippen LogP contribution in [-0.4, -0.2) is 67.4 Å². The van der Waals surface area contributed by atoms with Crippen molar-refractivity contribution in [3.63, 3.8) is 0 Å². The van der Waals surface area contributed by atoms with Gasteiger partial charge < -0.3 is 14.5 Å². The molecule has 144 valence electrons. The van der Waals surface area contributed by atoms with Crippen molar-refractivity contribution in [3.8, 4) is 0 Å². The van der Waals surface area contributed by atoms with Gasteiger partial charge >= 0.3 is 0 Å². The summed E-state index contributed by atoms with van der Waals surface area (Å²) in [6, 6.07) is 10.8. The lowest BCUT2D eigenvalue weighted by atomic mass is 10.2. The van der Waals surface area contributed by atoms with Gasteiger partial charge in [0.05, 0.1) is 13.2 Å². The number of aromatic nitrogens is 2. The number of hydrogen-bond acceptors (Lipinski definition) is 6. The molecule has 0 bridgehead atoms. The summed E-state index contributed by atoms with van der Waals surface area (Å²) in [4.78, 5) is 16.5. The highest BCUT2D eigenvalue weighted by Gasteiger charge is 2.21. The number of morpholine rings is 1. The van der Waals surface area contributed by atoms with Gasteiger partial charge in [-0.05, 0) is 24.6 Å². The monoisotopic (exact) mass is 431 g/mol. The first kappa shape index (κ1) is 18.7. The van der Waals surface area contributed by atoms with Gasteiger partial charge in [-0.25, -0.2) is 9.97 Å². The second-order valence-corrected chi connectivity index (χ2v) is 8.04. The molecule has 0 aliphatic carbocycles. The van der Waals surface area contributed by atoms with E-state index in [1.807, 2.05) is 6.92 Å². The molecule has 4 rings (SSSR count). The number of benzene rings is 1. The van der Waals surface area contributed by atoms with E-state index in [1.54, 1.807) is 0 Å². The number of rotatable bonds is 4. The van der Waals surface area contributed by atoms with Gasteiger partial charge in [-0.15, -0.1) is 0 Å². The van der Waals surface area contributed by atoms with Crippen LogP contribution >= 0.6 is 15.9 Å². The molecule has 2 aliphatic heterocycles. The smallest absolute Gasteiger partial charge is 0.134 e. The molecule has 0 atom stereocenters. The predicted octanol–water partition coefficient (Wildman–Crippen LogP) is 2.71. The van der Waals surface area contributed by atoms with Crippen molar-refractivity contribution in [1.29, 1.82) is 0 Å². The number of nitrogens with zero attached hydrogens (tertiary/aromatic N) is 5. The summed E-state index contributed by atoms with van der Waals surface area (Å²) >= 11 is 3.50. The van der Waals surface area contributed by atoms with Crippen molar-refractivity contribution in [2.75, 3.05) is 62.3 Å². The molecular weight excluding hydrogens is 406 g/mol. The molecule has 1 aromatic carbocycles. The van der Waals surface area contributed by atoms with Gasteiger partial charge in [-0.3, -0.25) is 4.90 Å². The minimum absolute atomic E-state index is 0.771. The number of halogens is 1. The van der Waals surface area contributed by atoms with Crippen LogP contribution in [0.2, 0.25) is 0 Å². The van der Waals surface area contributed by atoms with Crippen LogP contribution in [0.3, 0.4) is 0 Å². The van der Waals surface area contributed by atoms with Crippen molar-refractivity contribution in [2.45, 2.75) is 13.5 Å². The van der Waals surface area contributed by atoms with Crippen LogP contribution in [0.5, 0.6) is 0 Å². The lowest BCUT2D eigenvalue weighted by molar-refractivity contribution is 0.122. The van der Waals surface area contributed by atoms with Crippen LogP contribution in [0.15, 0.2) is 34.8 Å². The van der Waals surface area contributed by atoms with Crippen molar-refractivity contribution in [2.24, 2.45) is 0 Å². The Hall–Kier alpha value is -1.70. The first-order chi connectivity index (χ1) is 13.2. The standard InChI is InChI=1S/C20H26BrN5O/c1-16-22-19(14-20(23-16)26-10-12-27-13-11-26)25-8-6-24(7-9-25)15-17-2-4-18(21)5-3-17/h2-5,14H,6-13,15H2,1H3. The summed E-state index contributed by atoms with van der Waals surface area (Å²) in [6.07, 6.45) is 0. The van der Waals surface area contributed by atoms with Gasteiger partial charge in [0.1, 0.15) is 17.5 Å². The zero-order chi connectivity index (χ0) is 18.6. The number of anilines is 2. The van der Waals surface area contributed by atoms with Gasteiger partial charge in [-0.1, -0.05) is 28.1 Å². The molecule has 0 N–H and O–H groups in total. The summed E-state index contributed by atoms with van der Waals surface area (Å²) < 4.78 is 6.59. The molecule has 0 saturated carbocycles. The molecule has 2 saturated heterocycles. The quantitative estimate of drug-likeness (QED) is 0.741. The fraction of sp³-hybridized carbons (Fsp3) is 0.500. The Morgan fingerprint density at radius 1 is 0.889 bits per heavy atom. The first-order valence-corrected chi connectivity index (χ1v) is 10.4. The molecule has 7 heteroatoms. The van der Waals surface area contributed by atoms with Crippen LogP contribution in [0, 0.1) is 6.92 Å². The maximum Gasteiger partial charge on any atom is 0.134 e. The lowest BCUT2D eigenvalue weighted by Crippen LogP contribution is -2.46. The minimum Gasteiger partial charge on any atom is -0.378 e. The van der Waals surface area contributed by atoms with E-state index >= 15 is 0 Å². The normalized spacial score (nSPS) is 18.7. The highest BCUT2D eigenvalue weighted by atomic mass is 79.9. The third kappa shape index (κ3) is 4.78. The summed E-state index contributed by atoms with van der Waals surface area (Å²) in [5, 5.41) is 0. The van der Waals surface area contributed by atoms with Gasteiger partial charge in [-0.2, -0.15) is 0 Å². The van der Waals surface area contributed by atoms with Crippen LogP contribution in [0.25, 0.3) is 0 Å². The maximum absolute atomic E-state index is 5.46. The maximum atomic E-state index is 5.46. The largest absolute Gasteiger partial charge is 0.378 e. The summed E-state index contributed by atoms with van der Waals surface area (Å²) in [5.74, 6) is 2.91. The molecule has 3 heterocycles. The Morgan fingerprint density at radius 2 is 1.48 bits per heavy atom. The minimum atomic E-state index is 0.771. The van der Waals surface area contributed by atoms with E-state index in [4.69, 9.17) is 9.72 Å². The van der Waals surface area contributed by atoms with E-state index < -0.39 is 0 Å². The molecule has 6 nitrogen and oxygen atoms in total. The average molecular weight is 432 g/mol. The van der Waals surface area contributed by atoms with Crippen molar-refractivity contribution in [1.82, 2.24) is 14.9 Å². The Balaban J connectivity index is 1.38. The van der Waals surface area contributed by atoms with E-state index in [0.29, 0.717) is 0 Å². The predicted molar refractivity (Wildman–Crippen MR) is 111 cm³/mol. The van der Waals surface area contributed by atoms with E-state index in [-0.39, 0.29) is 0 Å². The Morgan fingerprint density at radius 3 is 2.11 bits per heavy atom. The fourth-order valence-electron chi connectivity index (χ4n) is 3.64. The molecule has 0 unspecified atom stereocenters. The molecular formula is C20H26BrN5O. The third-order valence-electron chi connectivity index (χ3n) is 5.16. The molecule has 27 heavy (non-hydrogen) atoms. The Kier molecular flexibility index (Phi) is 5.90. The third-order valence-corrected chi connectivity index (χ3v) is 5.69. The number of hydrogen-bond donors (Lipinski definition) is 0. The van der Waals surface area contributed by atoms with Crippen molar-refractivity contribution >= 4 is 27.6 Å². The topological polar surface area (TPSA) is 44.7 Å². The molecule has 0 amide bonds. The SMILES string of the molecule is Cc1nc(N2CCOCC2)cc(N2CCN(Cc3ccc(Br)cc3)CC2)n1. The number of piperazine rings is 1. The van der Waals surface area contributed by atoms with E-state index in [9.17, 15) is 0 Å². The zero-order valence-electron chi connectivity index (χ0n) is 15.8. The van der Waals surface area contributed by atoms with Crippen molar-refractivity contribution < 1.29 is 4.74 Å². The summed E-state index contributed by atoms with van der Waals surface area (Å²) in [6.45, 7) is 10.4. The summed E-state index contributed by atoms with van der Waals surface area (Å²) in [5.41, 5.74) is 1.36. The van der Waals surface area contributed by atoms with Gasteiger partial charge in [0.2, 0.25) is 0 Å². The van der Waals surface area contributed by atoms with Gasteiger partial charge in [0.25, 0.3) is 0 Å². The Bertz CT molecular complexity index is 755. The Labute approximate surface area is 169 Å². The molecule has 2 aromatic rings. The van der Waals surface area contributed by atoms with Crippen LogP contribution in [0.1, 0.15) is 11.4 Å². The second-order valence-electron chi connectivity index (χ2n) is 7.12. The van der Waals surface area contributed by atoms with Gasteiger partial charge in [0.15, 0.2) is 0 Å². The van der Waals surface area contributed by atoms with E-state index in [1.165, 1.54) is 5.56 Å². The zero-order valence-corrected chi connectivity index (χ0v) is 17.4. The van der Waals surface area contributed by atoms with Crippen LogP contribution in [-0.2, 0) is 11.3 Å². The molecule has 1 aromatic heterocycles. The average Bonchev–Trinajstić information content (AvgIpc) is 2.70. The van der Waals surface area contributed by atoms with Gasteiger partial charge in [0, 0.05) is 56.4 Å². The first-order valence-electron chi connectivity index (χ1n) is 9.57. The molecule has 2 fully saturated rings. The number of aryl methyl sites for hydroxylation is 1. The fourth-order valence-corrected chi connectivity index (χ4v) is 3.90. The molecule has 0 radical (unpaired) electrons. The summed E-state index contributed by atoms with van der Waals surface area (Å²) in [7, 11) is 0. The highest BCUT2D eigenvalue weighted by molar-refractivity contribution is 9.10. The second kappa shape index (κ2) is 8.54. The van der Waals surface area contributed by atoms with E-state index in [2.05, 4.69) is 65.9 Å². The van der Waals surface area contributed by atoms with E-state index in [0.717, 1.165) is 81.0 Å². The van der Waals surface area contributed by atoms with Crippen LogP contribution in [0.4, 0.5) is 11.6 Å². The molecule has 0 spiro atoms. The number of ether oxygens (including phenoxy) is 1. The van der Waals surface area contributed by atoms with Crippen LogP contribution < -0.4 is 9.80 Å². The lowest BCUT2D eigenvalue weighted by Gasteiger charge is -2.36.